The van der Waals surface area contributed by atoms with Gasteiger partial charge in [0, 0.05) is 0 Å². The Balaban J connectivity index is 1.27. The van der Waals surface area contributed by atoms with Crippen LogP contribution < -0.4 is 0 Å². The fourth-order valence-electron chi connectivity index (χ4n) is 5.85. The van der Waals surface area contributed by atoms with Gasteiger partial charge in [0.2, 0.25) is 0 Å². The third kappa shape index (κ3) is 1.63. The van der Waals surface area contributed by atoms with E-state index < -0.39 is 5.92 Å². The zero-order chi connectivity index (χ0) is 14.9. The van der Waals surface area contributed by atoms with Crippen molar-refractivity contribution in [3.63, 3.8) is 0 Å². The minimum absolute atomic E-state index is 0.0810. The van der Waals surface area contributed by atoms with E-state index in [9.17, 15) is 9.90 Å². The maximum absolute atomic E-state index is 12.5. The number of hydrogen-bond acceptors (Lipinski definition) is 3. The van der Waals surface area contributed by atoms with Crippen molar-refractivity contribution in [3.05, 3.63) is 35.9 Å². The smallest absolute Gasteiger partial charge is 0.316 e. The van der Waals surface area contributed by atoms with E-state index >= 15 is 0 Å². The van der Waals surface area contributed by atoms with Crippen molar-refractivity contribution in [1.82, 2.24) is 0 Å². The van der Waals surface area contributed by atoms with Crippen LogP contribution in [-0.2, 0) is 9.53 Å². The average Bonchev–Trinajstić information content (AvgIpc) is 3.40. The summed E-state index contributed by atoms with van der Waals surface area (Å²) < 4.78 is 5.81. The second-order valence-electron chi connectivity index (χ2n) is 7.80. The van der Waals surface area contributed by atoms with E-state index in [1.54, 1.807) is 0 Å². The number of benzene rings is 1. The third-order valence-corrected chi connectivity index (χ3v) is 6.95. The molecule has 0 aliphatic heterocycles. The van der Waals surface area contributed by atoms with Gasteiger partial charge in [-0.2, -0.15) is 0 Å². The molecular formula is C19H22O3. The van der Waals surface area contributed by atoms with Gasteiger partial charge in [-0.05, 0) is 60.3 Å². The Labute approximate surface area is 130 Å². The van der Waals surface area contributed by atoms with Gasteiger partial charge in [0.1, 0.15) is 12.0 Å². The highest BCUT2D eigenvalue weighted by Crippen LogP contribution is 2.87. The van der Waals surface area contributed by atoms with Crippen molar-refractivity contribution in [2.24, 2.45) is 29.1 Å². The molecule has 22 heavy (non-hydrogen) atoms. The molecule has 4 saturated carbocycles. The SMILES string of the molecule is O=C(OC1CC2CC23C(C1)[C@H]1C[C@H]13)[C@H](CO)c1ccccc1. The molecule has 1 N–H and O–H groups in total. The molecule has 4 unspecified atom stereocenters. The summed E-state index contributed by atoms with van der Waals surface area (Å²) in [5.74, 6) is 2.85. The van der Waals surface area contributed by atoms with Crippen molar-refractivity contribution in [3.8, 4) is 0 Å². The van der Waals surface area contributed by atoms with Crippen LogP contribution in [0.5, 0.6) is 0 Å². The van der Waals surface area contributed by atoms with E-state index in [4.69, 9.17) is 4.74 Å². The summed E-state index contributed by atoms with van der Waals surface area (Å²) in [4.78, 5) is 12.5. The van der Waals surface area contributed by atoms with Crippen LogP contribution in [0.25, 0.3) is 0 Å². The highest BCUT2D eigenvalue weighted by molar-refractivity contribution is 5.78. The van der Waals surface area contributed by atoms with Crippen molar-refractivity contribution in [2.45, 2.75) is 37.7 Å². The highest BCUT2D eigenvalue weighted by atomic mass is 16.5. The van der Waals surface area contributed by atoms with Gasteiger partial charge < -0.3 is 9.84 Å². The first-order valence-corrected chi connectivity index (χ1v) is 8.60. The molecule has 3 nitrogen and oxygen atoms in total. The Morgan fingerprint density at radius 3 is 2.77 bits per heavy atom. The fourth-order valence-corrected chi connectivity index (χ4v) is 5.85. The van der Waals surface area contributed by atoms with Gasteiger partial charge in [-0.15, -0.1) is 0 Å². The number of ether oxygens (including phenoxy) is 1. The summed E-state index contributed by atoms with van der Waals surface area (Å²) in [6, 6.07) is 9.48. The van der Waals surface area contributed by atoms with Crippen LogP contribution in [0.15, 0.2) is 30.3 Å². The Hall–Kier alpha value is -1.35. The van der Waals surface area contributed by atoms with E-state index in [0.29, 0.717) is 5.41 Å². The molecular weight excluding hydrogens is 276 g/mol. The van der Waals surface area contributed by atoms with Crippen molar-refractivity contribution >= 4 is 5.97 Å². The molecule has 3 heteroatoms. The lowest BCUT2D eigenvalue weighted by Crippen LogP contribution is -2.42. The predicted molar refractivity (Wildman–Crippen MR) is 81.0 cm³/mol. The summed E-state index contributed by atoms with van der Waals surface area (Å²) in [7, 11) is 0. The van der Waals surface area contributed by atoms with E-state index in [1.165, 1.54) is 12.8 Å². The largest absolute Gasteiger partial charge is 0.462 e. The van der Waals surface area contributed by atoms with Crippen LogP contribution in [0.1, 0.15) is 37.2 Å². The maximum atomic E-state index is 12.5. The lowest BCUT2D eigenvalue weighted by Gasteiger charge is -2.43. The van der Waals surface area contributed by atoms with Gasteiger partial charge in [0.05, 0.1) is 6.61 Å². The molecule has 4 fully saturated rings. The standard InChI is InChI=1S/C19H22O3/c20-10-15(11-4-2-1-3-5-11)18(21)22-13-6-12-9-19(12)16(7-13)14-8-17(14)19/h1-5,12-17,20H,6-10H2/t12?,13?,14-,15-,16?,17-,19?/m1/s1. The minimum Gasteiger partial charge on any atom is -0.462 e. The van der Waals surface area contributed by atoms with Gasteiger partial charge in [-0.3, -0.25) is 4.79 Å². The molecule has 116 valence electrons. The van der Waals surface area contributed by atoms with Crippen LogP contribution in [0, 0.1) is 29.1 Å². The first-order chi connectivity index (χ1) is 10.7. The highest BCUT2D eigenvalue weighted by Gasteiger charge is 2.81. The molecule has 0 saturated heterocycles. The number of hydrogen-bond donors (Lipinski definition) is 1. The molecule has 1 spiro atoms. The molecule has 0 aromatic heterocycles. The second-order valence-corrected chi connectivity index (χ2v) is 7.80. The molecule has 7 atom stereocenters. The number of carbonyl (C=O) groups excluding carboxylic acids is 1. The minimum atomic E-state index is -0.540. The zero-order valence-electron chi connectivity index (χ0n) is 12.7. The van der Waals surface area contributed by atoms with E-state index in [2.05, 4.69) is 0 Å². The van der Waals surface area contributed by atoms with Gasteiger partial charge in [-0.25, -0.2) is 0 Å². The Morgan fingerprint density at radius 1 is 1.23 bits per heavy atom. The number of aliphatic hydroxyl groups excluding tert-OH is 1. The lowest BCUT2D eigenvalue weighted by atomic mass is 9.63. The molecule has 0 amide bonds. The number of aliphatic hydroxyl groups is 1. The third-order valence-electron chi connectivity index (χ3n) is 6.95. The molecule has 0 bridgehead atoms. The van der Waals surface area contributed by atoms with Gasteiger partial charge in [0.15, 0.2) is 0 Å². The summed E-state index contributed by atoms with van der Waals surface area (Å²) in [6.45, 7) is -0.183. The van der Waals surface area contributed by atoms with E-state index in [1.807, 2.05) is 30.3 Å². The predicted octanol–water partition coefficient (Wildman–Crippen LogP) is 2.74. The molecule has 1 aromatic rings. The number of esters is 1. The summed E-state index contributed by atoms with van der Waals surface area (Å²) >= 11 is 0. The molecule has 4 aliphatic carbocycles. The number of rotatable bonds is 4. The topological polar surface area (TPSA) is 46.5 Å². The summed E-state index contributed by atoms with van der Waals surface area (Å²) in [5.41, 5.74) is 1.54. The Bertz CT molecular complexity index is 612. The van der Waals surface area contributed by atoms with E-state index in [-0.39, 0.29) is 18.7 Å². The molecule has 0 heterocycles. The lowest BCUT2D eigenvalue weighted by molar-refractivity contribution is -0.157. The van der Waals surface area contributed by atoms with Crippen LogP contribution in [0.4, 0.5) is 0 Å². The maximum Gasteiger partial charge on any atom is 0.316 e. The van der Waals surface area contributed by atoms with Crippen LogP contribution in [0.3, 0.4) is 0 Å². The number of carbonyl (C=O) groups is 1. The van der Waals surface area contributed by atoms with Gasteiger partial charge >= 0.3 is 5.97 Å². The Morgan fingerprint density at radius 2 is 2.00 bits per heavy atom. The fraction of sp³-hybridized carbons (Fsp3) is 0.632. The van der Waals surface area contributed by atoms with Crippen LogP contribution in [0.2, 0.25) is 0 Å². The first-order valence-electron chi connectivity index (χ1n) is 8.60. The van der Waals surface area contributed by atoms with E-state index in [0.717, 1.165) is 42.1 Å². The monoisotopic (exact) mass is 298 g/mol. The van der Waals surface area contributed by atoms with Gasteiger partial charge in [0.25, 0.3) is 0 Å². The van der Waals surface area contributed by atoms with Crippen molar-refractivity contribution < 1.29 is 14.6 Å². The van der Waals surface area contributed by atoms with Crippen LogP contribution in [-0.4, -0.2) is 23.8 Å². The normalized spacial score (nSPS) is 44.7. The number of fused-ring (bicyclic) bond motifs is 2. The quantitative estimate of drug-likeness (QED) is 0.869. The average molecular weight is 298 g/mol. The van der Waals surface area contributed by atoms with Crippen molar-refractivity contribution in [1.29, 1.82) is 0 Å². The second kappa shape index (κ2) is 4.35. The molecule has 4 aliphatic rings. The Kier molecular flexibility index (Phi) is 2.59. The molecule has 0 radical (unpaired) electrons. The summed E-state index contributed by atoms with van der Waals surface area (Å²) in [6.07, 6.45) is 5.02. The van der Waals surface area contributed by atoms with Crippen LogP contribution >= 0.6 is 0 Å². The van der Waals surface area contributed by atoms with Gasteiger partial charge in [-0.1, -0.05) is 30.3 Å². The molecule has 1 aromatic carbocycles. The first kappa shape index (κ1) is 13.1. The zero-order valence-corrected chi connectivity index (χ0v) is 12.7. The molecule has 5 rings (SSSR count). The van der Waals surface area contributed by atoms with Crippen molar-refractivity contribution in [2.75, 3.05) is 6.61 Å². The summed E-state index contributed by atoms with van der Waals surface area (Å²) in [5, 5.41) is 9.59.